The largest absolute Gasteiger partial charge is 0.507 e. The lowest BCUT2D eigenvalue weighted by Gasteiger charge is -2.23. The van der Waals surface area contributed by atoms with E-state index < -0.39 is 35.1 Å². The quantitative estimate of drug-likeness (QED) is 0.148. The van der Waals surface area contributed by atoms with Crippen LogP contribution in [-0.4, -0.2) is 21.8 Å². The zero-order chi connectivity index (χ0) is 27.1. The zero-order valence-electron chi connectivity index (χ0n) is 20.0. The predicted molar refractivity (Wildman–Crippen MR) is 144 cm³/mol. The van der Waals surface area contributed by atoms with Crippen molar-refractivity contribution in [2.24, 2.45) is 0 Å². The lowest BCUT2D eigenvalue weighted by Crippen LogP contribution is -2.29. The Morgan fingerprint density at radius 1 is 0.846 bits per heavy atom. The Balaban J connectivity index is 1.52. The van der Waals surface area contributed by atoms with Gasteiger partial charge in [0.15, 0.2) is 5.13 Å². The van der Waals surface area contributed by atoms with Crippen LogP contribution in [0.3, 0.4) is 0 Å². The van der Waals surface area contributed by atoms with E-state index in [2.05, 4.69) is 4.98 Å². The number of aromatic nitrogens is 1. The molecule has 2 heterocycles. The van der Waals surface area contributed by atoms with Crippen LogP contribution in [0, 0.1) is 11.6 Å². The molecule has 0 spiro atoms. The smallest absolute Gasteiger partial charge is 0.301 e. The average Bonchev–Trinajstić information content (AvgIpc) is 3.47. The van der Waals surface area contributed by atoms with Gasteiger partial charge in [-0.2, -0.15) is 0 Å². The number of fused-ring (bicyclic) bond motifs is 1. The van der Waals surface area contributed by atoms with Crippen LogP contribution in [0.4, 0.5) is 13.9 Å². The monoisotopic (exact) mass is 540 g/mol. The van der Waals surface area contributed by atoms with Gasteiger partial charge in [0, 0.05) is 5.56 Å². The summed E-state index contributed by atoms with van der Waals surface area (Å²) in [6.07, 6.45) is 0. The van der Waals surface area contributed by atoms with Gasteiger partial charge in [0.2, 0.25) is 0 Å². The highest BCUT2D eigenvalue weighted by Gasteiger charge is 2.48. The summed E-state index contributed by atoms with van der Waals surface area (Å²) < 4.78 is 33.9. The van der Waals surface area contributed by atoms with Gasteiger partial charge in [0.05, 0.1) is 21.8 Å². The minimum absolute atomic E-state index is 0.162. The Hall–Kier alpha value is -4.89. The van der Waals surface area contributed by atoms with Crippen LogP contribution in [0.15, 0.2) is 103 Å². The van der Waals surface area contributed by atoms with Crippen LogP contribution < -0.4 is 9.64 Å². The highest BCUT2D eigenvalue weighted by atomic mass is 32.1. The zero-order valence-corrected chi connectivity index (χ0v) is 20.9. The van der Waals surface area contributed by atoms with Crippen molar-refractivity contribution in [3.05, 3.63) is 125 Å². The number of Topliss-reactive ketones (excluding diaryl/α,β-unsaturated/α-hetero) is 1. The maximum absolute atomic E-state index is 13.9. The van der Waals surface area contributed by atoms with Crippen molar-refractivity contribution in [2.75, 3.05) is 4.90 Å². The Morgan fingerprint density at radius 2 is 1.56 bits per heavy atom. The van der Waals surface area contributed by atoms with Gasteiger partial charge >= 0.3 is 5.91 Å². The van der Waals surface area contributed by atoms with E-state index in [1.165, 1.54) is 35.2 Å². The Labute approximate surface area is 225 Å². The number of rotatable bonds is 5. The molecule has 1 saturated heterocycles. The second-order valence-electron chi connectivity index (χ2n) is 8.77. The Morgan fingerprint density at radius 3 is 2.33 bits per heavy atom. The average molecular weight is 541 g/mol. The highest BCUT2D eigenvalue weighted by molar-refractivity contribution is 7.22. The molecule has 0 bridgehead atoms. The number of anilines is 1. The molecular formula is C30H18F2N2O4S. The van der Waals surface area contributed by atoms with Crippen molar-refractivity contribution in [3.63, 3.8) is 0 Å². The second kappa shape index (κ2) is 9.77. The number of aliphatic hydroxyl groups excluding tert-OH is 1. The molecule has 0 radical (unpaired) electrons. The molecule has 0 saturated carbocycles. The maximum atomic E-state index is 13.9. The summed E-state index contributed by atoms with van der Waals surface area (Å²) in [4.78, 5) is 32.5. The number of carbonyl (C=O) groups excluding carboxylic acids is 2. The third kappa shape index (κ3) is 4.53. The minimum Gasteiger partial charge on any atom is -0.507 e. The molecule has 1 aliphatic rings. The molecule has 1 aliphatic heterocycles. The van der Waals surface area contributed by atoms with Gasteiger partial charge in [-0.05, 0) is 72.3 Å². The normalized spacial score (nSPS) is 16.7. The van der Waals surface area contributed by atoms with Crippen LogP contribution in [0.25, 0.3) is 16.0 Å². The van der Waals surface area contributed by atoms with E-state index in [4.69, 9.17) is 4.74 Å². The third-order valence-corrected chi connectivity index (χ3v) is 7.28. The van der Waals surface area contributed by atoms with E-state index >= 15 is 0 Å². The predicted octanol–water partition coefficient (Wildman–Crippen LogP) is 6.99. The first-order valence-electron chi connectivity index (χ1n) is 11.8. The van der Waals surface area contributed by atoms with Gasteiger partial charge in [0.25, 0.3) is 5.78 Å². The van der Waals surface area contributed by atoms with Crippen LogP contribution in [0.2, 0.25) is 0 Å². The molecule has 1 atom stereocenters. The molecule has 9 heteroatoms. The van der Waals surface area contributed by atoms with Gasteiger partial charge in [-0.15, -0.1) is 0 Å². The number of aliphatic hydroxyl groups is 1. The molecule has 39 heavy (non-hydrogen) atoms. The maximum Gasteiger partial charge on any atom is 0.301 e. The summed E-state index contributed by atoms with van der Waals surface area (Å²) in [5.74, 6) is -2.24. The number of halogens is 2. The number of amides is 1. The first-order chi connectivity index (χ1) is 18.9. The number of hydrogen-bond acceptors (Lipinski definition) is 6. The molecule has 4 aromatic carbocycles. The van der Waals surface area contributed by atoms with Crippen molar-refractivity contribution in [2.45, 2.75) is 6.04 Å². The first kappa shape index (κ1) is 24.4. The summed E-state index contributed by atoms with van der Waals surface area (Å²) >= 11 is 1.05. The number of benzene rings is 4. The molecule has 6 rings (SSSR count). The van der Waals surface area contributed by atoms with Crippen molar-refractivity contribution in [3.8, 4) is 11.5 Å². The van der Waals surface area contributed by atoms with Gasteiger partial charge in [-0.1, -0.05) is 41.7 Å². The number of nitrogens with zero attached hydrogens (tertiary/aromatic N) is 2. The number of ketones is 1. The van der Waals surface area contributed by atoms with Crippen molar-refractivity contribution >= 4 is 44.1 Å². The molecule has 1 fully saturated rings. The van der Waals surface area contributed by atoms with Crippen LogP contribution >= 0.6 is 11.3 Å². The van der Waals surface area contributed by atoms with E-state index in [0.717, 1.165) is 23.5 Å². The summed E-state index contributed by atoms with van der Waals surface area (Å²) in [5.41, 5.74) is 0.907. The molecule has 1 amide bonds. The molecule has 1 unspecified atom stereocenters. The van der Waals surface area contributed by atoms with Crippen molar-refractivity contribution in [1.82, 2.24) is 4.98 Å². The molecular weight excluding hydrogens is 522 g/mol. The van der Waals surface area contributed by atoms with Crippen molar-refractivity contribution in [1.29, 1.82) is 0 Å². The van der Waals surface area contributed by atoms with Gasteiger partial charge in [0.1, 0.15) is 28.9 Å². The number of thiazole rings is 1. The SMILES string of the molecule is O=C1C(=O)N(c2nc3ccc(F)cc3s2)C(c2cccc(Oc3ccccc3)c2)C1=C(O)c1ccc(F)cc1. The fourth-order valence-corrected chi connectivity index (χ4v) is 5.49. The summed E-state index contributed by atoms with van der Waals surface area (Å²) in [6, 6.07) is 23.8. The minimum atomic E-state index is -1.08. The lowest BCUT2D eigenvalue weighted by atomic mass is 9.95. The number of carbonyl (C=O) groups is 2. The van der Waals surface area contributed by atoms with Crippen LogP contribution in [0.5, 0.6) is 11.5 Å². The van der Waals surface area contributed by atoms with Crippen LogP contribution in [-0.2, 0) is 9.59 Å². The van der Waals surface area contributed by atoms with E-state index in [9.17, 15) is 23.5 Å². The highest BCUT2D eigenvalue weighted by Crippen LogP contribution is 2.45. The molecule has 1 aromatic heterocycles. The number of hydrogen-bond donors (Lipinski definition) is 1. The van der Waals surface area contributed by atoms with E-state index in [-0.39, 0.29) is 16.3 Å². The fourth-order valence-electron chi connectivity index (χ4n) is 4.47. The molecule has 5 aromatic rings. The summed E-state index contributed by atoms with van der Waals surface area (Å²) in [6.45, 7) is 0. The van der Waals surface area contributed by atoms with E-state index in [1.54, 1.807) is 36.4 Å². The Kier molecular flexibility index (Phi) is 6.12. The molecule has 6 nitrogen and oxygen atoms in total. The topological polar surface area (TPSA) is 79.7 Å². The van der Waals surface area contributed by atoms with Gasteiger partial charge < -0.3 is 9.84 Å². The summed E-state index contributed by atoms with van der Waals surface area (Å²) in [5, 5.41) is 11.4. The van der Waals surface area contributed by atoms with Crippen molar-refractivity contribution < 1.29 is 28.2 Å². The van der Waals surface area contributed by atoms with Gasteiger partial charge in [-0.25, -0.2) is 13.8 Å². The van der Waals surface area contributed by atoms with Gasteiger partial charge in [-0.3, -0.25) is 14.5 Å². The van der Waals surface area contributed by atoms with E-state index in [1.807, 2.05) is 18.2 Å². The number of ether oxygens (including phenoxy) is 1. The number of para-hydroxylation sites is 1. The Bertz CT molecular complexity index is 1770. The molecule has 0 aliphatic carbocycles. The van der Waals surface area contributed by atoms with Crippen LogP contribution in [0.1, 0.15) is 17.2 Å². The third-order valence-electron chi connectivity index (χ3n) is 6.26. The first-order valence-corrected chi connectivity index (χ1v) is 12.7. The lowest BCUT2D eigenvalue weighted by molar-refractivity contribution is -0.132. The molecule has 192 valence electrons. The molecule has 1 N–H and O–H groups in total. The fraction of sp³-hybridized carbons (Fsp3) is 0.0333. The second-order valence-corrected chi connectivity index (χ2v) is 9.78. The van der Waals surface area contributed by atoms with E-state index in [0.29, 0.717) is 27.3 Å². The standard InChI is InChI=1S/C30H18F2N2O4S/c31-19-11-9-17(10-12-19)27(35)25-26(18-5-4-8-22(15-18)38-21-6-2-1-3-7-21)34(29(37)28(25)36)30-33-23-14-13-20(32)16-24(23)39-30/h1-16,26,35H. The summed E-state index contributed by atoms with van der Waals surface area (Å²) in [7, 11) is 0.